The second-order valence-corrected chi connectivity index (χ2v) is 6.80. The van der Waals surface area contributed by atoms with Crippen LogP contribution in [0.25, 0.3) is 16.8 Å². The van der Waals surface area contributed by atoms with E-state index in [4.69, 9.17) is 5.73 Å². The third-order valence-electron chi connectivity index (χ3n) is 4.07. The third kappa shape index (κ3) is 2.81. The van der Waals surface area contributed by atoms with E-state index < -0.39 is 11.7 Å². The van der Waals surface area contributed by atoms with Gasteiger partial charge in [0.2, 0.25) is 0 Å². The molecule has 138 valence electrons. The van der Waals surface area contributed by atoms with Gasteiger partial charge in [-0.15, -0.1) is 5.10 Å². The van der Waals surface area contributed by atoms with Gasteiger partial charge in [0.15, 0.2) is 17.3 Å². The number of nitrogens with one attached hydrogen (secondary N) is 1. The molecule has 0 unspecified atom stereocenters. The molecular weight excluding hydrogens is 371 g/mol. The second kappa shape index (κ2) is 6.13. The lowest BCUT2D eigenvalue weighted by molar-refractivity contribution is 0.102. The van der Waals surface area contributed by atoms with Crippen LogP contribution < -0.4 is 11.1 Å². The summed E-state index contributed by atoms with van der Waals surface area (Å²) in [5, 5.41) is 11.7. The van der Waals surface area contributed by atoms with Crippen LogP contribution in [0.1, 0.15) is 21.7 Å². The van der Waals surface area contributed by atoms with Crippen LogP contribution in [0.3, 0.4) is 0 Å². The summed E-state index contributed by atoms with van der Waals surface area (Å²) in [4.78, 5) is 16.8. The number of aryl methyl sites for hydroxylation is 3. The van der Waals surface area contributed by atoms with Crippen molar-refractivity contribution in [2.24, 2.45) is 7.05 Å². The molecule has 0 bridgehead atoms. The minimum absolute atomic E-state index is 0.0362. The molecule has 0 aromatic carbocycles. The maximum atomic E-state index is 13.3. The van der Waals surface area contributed by atoms with Gasteiger partial charge < -0.3 is 11.1 Å². The monoisotopic (exact) mass is 386 g/mol. The molecule has 0 aliphatic rings. The molecule has 0 spiro atoms. The topological polar surface area (TPSA) is 116 Å². The molecule has 0 saturated heterocycles. The van der Waals surface area contributed by atoms with Crippen molar-refractivity contribution in [2.45, 2.75) is 13.8 Å². The van der Waals surface area contributed by atoms with Crippen LogP contribution in [-0.2, 0) is 7.05 Å². The second-order valence-electron chi connectivity index (χ2n) is 6.03. The molecule has 1 amide bonds. The van der Waals surface area contributed by atoms with E-state index in [0.29, 0.717) is 5.00 Å². The van der Waals surface area contributed by atoms with E-state index in [-0.39, 0.29) is 17.0 Å². The normalized spacial score (nSPS) is 11.3. The predicted octanol–water partition coefficient (Wildman–Crippen LogP) is 2.18. The van der Waals surface area contributed by atoms with Crippen LogP contribution in [0.4, 0.5) is 15.2 Å². The number of rotatable bonds is 3. The van der Waals surface area contributed by atoms with Gasteiger partial charge >= 0.3 is 0 Å². The van der Waals surface area contributed by atoms with Crippen LogP contribution >= 0.6 is 11.5 Å². The van der Waals surface area contributed by atoms with Gasteiger partial charge in [-0.1, -0.05) is 0 Å². The number of halogens is 1. The van der Waals surface area contributed by atoms with E-state index in [1.165, 1.54) is 0 Å². The summed E-state index contributed by atoms with van der Waals surface area (Å²) in [7, 11) is 1.83. The Morgan fingerprint density at radius 1 is 1.26 bits per heavy atom. The summed E-state index contributed by atoms with van der Waals surface area (Å²) in [6, 6.07) is 0. The lowest BCUT2D eigenvalue weighted by atomic mass is 10.1. The van der Waals surface area contributed by atoms with Crippen molar-refractivity contribution in [3.63, 3.8) is 0 Å². The lowest BCUT2D eigenvalue weighted by Crippen LogP contribution is -2.13. The molecule has 0 fully saturated rings. The zero-order chi connectivity index (χ0) is 19.3. The third-order valence-corrected chi connectivity index (χ3v) is 4.92. The Balaban J connectivity index is 1.75. The fourth-order valence-electron chi connectivity index (χ4n) is 2.93. The number of hydrogen-bond donors (Lipinski definition) is 2. The number of nitrogens with two attached hydrogens (primary N) is 1. The molecule has 4 aromatic rings. The van der Waals surface area contributed by atoms with Crippen molar-refractivity contribution in [1.82, 2.24) is 28.8 Å². The number of nitrogens with zero attached hydrogens (tertiary/aromatic N) is 6. The minimum atomic E-state index is -0.579. The summed E-state index contributed by atoms with van der Waals surface area (Å²) >= 11 is 1.16. The summed E-state index contributed by atoms with van der Waals surface area (Å²) < 4.78 is 20.5. The zero-order valence-corrected chi connectivity index (χ0v) is 15.5. The molecular formula is C16H15FN8OS. The maximum absolute atomic E-state index is 13.3. The van der Waals surface area contributed by atoms with Crippen LogP contribution in [0.2, 0.25) is 0 Å². The Kier molecular flexibility index (Phi) is 3.88. The molecule has 4 heterocycles. The van der Waals surface area contributed by atoms with Crippen LogP contribution in [0.5, 0.6) is 0 Å². The highest BCUT2D eigenvalue weighted by atomic mass is 32.1. The molecule has 0 aliphatic carbocycles. The molecule has 4 rings (SSSR count). The van der Waals surface area contributed by atoms with Gasteiger partial charge in [0, 0.05) is 24.4 Å². The van der Waals surface area contributed by atoms with Crippen LogP contribution in [0, 0.1) is 19.7 Å². The number of carbonyl (C=O) groups excluding carboxylic acids is 1. The number of nitrogen functional groups attached to an aromatic ring is 1. The van der Waals surface area contributed by atoms with Crippen molar-refractivity contribution < 1.29 is 9.18 Å². The molecule has 0 aliphatic heterocycles. The average Bonchev–Trinajstić information content (AvgIpc) is 3.21. The zero-order valence-electron chi connectivity index (χ0n) is 14.7. The van der Waals surface area contributed by atoms with Crippen LogP contribution in [0.15, 0.2) is 18.6 Å². The summed E-state index contributed by atoms with van der Waals surface area (Å²) in [5.74, 6) is -1.11. The molecule has 0 saturated carbocycles. The first-order valence-corrected chi connectivity index (χ1v) is 8.70. The van der Waals surface area contributed by atoms with Crippen molar-refractivity contribution >= 4 is 33.9 Å². The molecule has 0 atom stereocenters. The van der Waals surface area contributed by atoms with Gasteiger partial charge in [-0.05, 0) is 25.4 Å². The Morgan fingerprint density at radius 3 is 2.74 bits per heavy atom. The van der Waals surface area contributed by atoms with Gasteiger partial charge in [-0.2, -0.15) is 9.47 Å². The summed E-state index contributed by atoms with van der Waals surface area (Å²) in [6.07, 6.45) is 3.99. The molecule has 11 heteroatoms. The van der Waals surface area contributed by atoms with Gasteiger partial charge in [-0.25, -0.2) is 13.9 Å². The van der Waals surface area contributed by atoms with E-state index in [9.17, 15) is 9.18 Å². The predicted molar refractivity (Wildman–Crippen MR) is 99.1 cm³/mol. The van der Waals surface area contributed by atoms with Crippen molar-refractivity contribution in [3.8, 4) is 11.1 Å². The minimum Gasteiger partial charge on any atom is -0.381 e. The van der Waals surface area contributed by atoms with Gasteiger partial charge in [-0.3, -0.25) is 9.48 Å². The standard InChI is InChI=1S/C16H15FN8OS/c1-7-10(6-24(3)21-7)11-8(2)23-27-16(11)20-15(26)12-13(18)22-25-5-9(17)4-19-14(12)25/h4-6H,1-3H3,(H2,18,22)(H,20,26). The number of carbonyl (C=O) groups is 1. The van der Waals surface area contributed by atoms with E-state index in [1.807, 2.05) is 27.1 Å². The smallest absolute Gasteiger partial charge is 0.264 e. The summed E-state index contributed by atoms with van der Waals surface area (Å²) in [5.41, 5.74) is 9.39. The highest BCUT2D eigenvalue weighted by Gasteiger charge is 2.23. The SMILES string of the molecule is Cc1nn(C)cc1-c1c(C)nsc1NC(=O)c1c(N)nn2cc(F)cnc12. The molecule has 27 heavy (non-hydrogen) atoms. The molecule has 4 aromatic heterocycles. The van der Waals surface area contributed by atoms with E-state index in [2.05, 4.69) is 24.9 Å². The number of hydrogen-bond acceptors (Lipinski definition) is 7. The fourth-order valence-corrected chi connectivity index (χ4v) is 3.74. The Bertz CT molecular complexity index is 1190. The van der Waals surface area contributed by atoms with Crippen molar-refractivity contribution in [2.75, 3.05) is 11.1 Å². The highest BCUT2D eigenvalue weighted by molar-refractivity contribution is 7.11. The van der Waals surface area contributed by atoms with E-state index >= 15 is 0 Å². The van der Waals surface area contributed by atoms with Crippen molar-refractivity contribution in [3.05, 3.63) is 41.4 Å². The Hall–Kier alpha value is -3.34. The van der Waals surface area contributed by atoms with Crippen molar-refractivity contribution in [1.29, 1.82) is 0 Å². The first kappa shape index (κ1) is 17.1. The molecule has 0 radical (unpaired) electrons. The first-order valence-electron chi connectivity index (χ1n) is 7.92. The average molecular weight is 386 g/mol. The number of aromatic nitrogens is 6. The highest BCUT2D eigenvalue weighted by Crippen LogP contribution is 2.36. The fraction of sp³-hybridized carbons (Fsp3) is 0.188. The lowest BCUT2D eigenvalue weighted by Gasteiger charge is -2.05. The van der Waals surface area contributed by atoms with Crippen LogP contribution in [-0.4, -0.2) is 34.7 Å². The maximum Gasteiger partial charge on any atom is 0.264 e. The van der Waals surface area contributed by atoms with E-state index in [1.54, 1.807) is 4.68 Å². The largest absolute Gasteiger partial charge is 0.381 e. The Labute approximate surface area is 156 Å². The quantitative estimate of drug-likeness (QED) is 0.557. The number of amides is 1. The Morgan fingerprint density at radius 2 is 2.04 bits per heavy atom. The van der Waals surface area contributed by atoms with Gasteiger partial charge in [0.05, 0.1) is 23.8 Å². The molecule has 3 N–H and O–H groups in total. The molecule has 9 nitrogen and oxygen atoms in total. The summed E-state index contributed by atoms with van der Waals surface area (Å²) in [6.45, 7) is 3.75. The van der Waals surface area contributed by atoms with E-state index in [0.717, 1.165) is 51.0 Å². The van der Waals surface area contributed by atoms with Gasteiger partial charge in [0.25, 0.3) is 5.91 Å². The number of fused-ring (bicyclic) bond motifs is 1. The first-order chi connectivity index (χ1) is 12.8. The van der Waals surface area contributed by atoms with Gasteiger partial charge in [0.1, 0.15) is 10.6 Å². The number of anilines is 2.